The van der Waals surface area contributed by atoms with Gasteiger partial charge in [-0.3, -0.25) is 9.97 Å². The summed E-state index contributed by atoms with van der Waals surface area (Å²) < 4.78 is 0. The molecule has 1 aromatic rings. The molecule has 106 valence electrons. The van der Waals surface area contributed by atoms with Crippen molar-refractivity contribution in [3.8, 4) is 0 Å². The van der Waals surface area contributed by atoms with Gasteiger partial charge in [0.15, 0.2) is 0 Å². The minimum Gasteiger partial charge on any atom is -0.306 e. The molecule has 2 rings (SSSR count). The number of nitrogens with zero attached hydrogens (tertiary/aromatic N) is 2. The lowest BCUT2D eigenvalue weighted by atomic mass is 9.92. The fourth-order valence-electron chi connectivity index (χ4n) is 3.26. The molecule has 1 fully saturated rings. The summed E-state index contributed by atoms with van der Waals surface area (Å²) in [4.78, 5) is 8.80. The number of nitrogens with one attached hydrogen (secondary N) is 1. The lowest BCUT2D eigenvalue weighted by molar-refractivity contribution is 0.314. The highest BCUT2D eigenvalue weighted by molar-refractivity contribution is 5.12. The molecule has 1 unspecified atom stereocenters. The predicted octanol–water partition coefficient (Wildman–Crippen LogP) is 3.79. The van der Waals surface area contributed by atoms with Gasteiger partial charge in [0.1, 0.15) is 0 Å². The molecule has 0 bridgehead atoms. The van der Waals surface area contributed by atoms with Crippen LogP contribution in [0.5, 0.6) is 0 Å². The molecule has 1 N–H and O–H groups in total. The van der Waals surface area contributed by atoms with Crippen molar-refractivity contribution in [3.05, 3.63) is 23.8 Å². The molecular formula is C16H27N3. The average Bonchev–Trinajstić information content (AvgIpc) is 2.68. The summed E-state index contributed by atoms with van der Waals surface area (Å²) in [7, 11) is 0. The van der Waals surface area contributed by atoms with Gasteiger partial charge in [0.25, 0.3) is 0 Å². The fourth-order valence-corrected chi connectivity index (χ4v) is 3.26. The van der Waals surface area contributed by atoms with Gasteiger partial charge in [-0.05, 0) is 39.5 Å². The second kappa shape index (κ2) is 6.99. The standard InChI is InChI=1S/C16H27N3/c1-12(15-8-6-4-5-7-9-15)19-14(3)16-13(2)17-10-11-18-16/h10-12,14-15,19H,4-9H2,1-3H3/t12-,14?/m1/s1. The molecule has 19 heavy (non-hydrogen) atoms. The lowest BCUT2D eigenvalue weighted by Gasteiger charge is -2.27. The molecule has 0 aliphatic heterocycles. The van der Waals surface area contributed by atoms with Crippen LogP contribution in [0.1, 0.15) is 69.8 Å². The van der Waals surface area contributed by atoms with E-state index in [0.29, 0.717) is 6.04 Å². The van der Waals surface area contributed by atoms with Gasteiger partial charge in [0.05, 0.1) is 11.4 Å². The van der Waals surface area contributed by atoms with Crippen LogP contribution in [0.25, 0.3) is 0 Å². The van der Waals surface area contributed by atoms with Crippen LogP contribution in [0.15, 0.2) is 12.4 Å². The summed E-state index contributed by atoms with van der Waals surface area (Å²) in [6.07, 6.45) is 11.9. The fraction of sp³-hybridized carbons (Fsp3) is 0.750. The van der Waals surface area contributed by atoms with E-state index in [4.69, 9.17) is 0 Å². The number of rotatable bonds is 4. The highest BCUT2D eigenvalue weighted by atomic mass is 15.0. The third-order valence-corrected chi connectivity index (χ3v) is 4.45. The van der Waals surface area contributed by atoms with Crippen LogP contribution in [-0.2, 0) is 0 Å². The molecule has 1 heterocycles. The van der Waals surface area contributed by atoms with Crippen LogP contribution in [0.2, 0.25) is 0 Å². The van der Waals surface area contributed by atoms with Crippen LogP contribution in [0, 0.1) is 12.8 Å². The third-order valence-electron chi connectivity index (χ3n) is 4.45. The number of aryl methyl sites for hydroxylation is 1. The zero-order chi connectivity index (χ0) is 13.7. The van der Waals surface area contributed by atoms with E-state index in [1.54, 1.807) is 12.4 Å². The first-order chi connectivity index (χ1) is 9.18. The Kier molecular flexibility index (Phi) is 5.32. The largest absolute Gasteiger partial charge is 0.306 e. The van der Waals surface area contributed by atoms with Crippen molar-refractivity contribution in [2.75, 3.05) is 0 Å². The van der Waals surface area contributed by atoms with E-state index in [-0.39, 0.29) is 6.04 Å². The molecule has 0 spiro atoms. The average molecular weight is 261 g/mol. The van der Waals surface area contributed by atoms with Crippen molar-refractivity contribution in [1.82, 2.24) is 15.3 Å². The van der Waals surface area contributed by atoms with Gasteiger partial charge >= 0.3 is 0 Å². The van der Waals surface area contributed by atoms with Crippen molar-refractivity contribution in [2.45, 2.75) is 71.4 Å². The van der Waals surface area contributed by atoms with Crippen LogP contribution >= 0.6 is 0 Å². The minimum absolute atomic E-state index is 0.284. The predicted molar refractivity (Wildman–Crippen MR) is 79.0 cm³/mol. The van der Waals surface area contributed by atoms with Crippen LogP contribution < -0.4 is 5.32 Å². The third kappa shape index (κ3) is 4.00. The van der Waals surface area contributed by atoms with Crippen LogP contribution in [0.4, 0.5) is 0 Å². The smallest absolute Gasteiger partial charge is 0.0782 e. The quantitative estimate of drug-likeness (QED) is 0.838. The lowest BCUT2D eigenvalue weighted by Crippen LogP contribution is -2.36. The number of hydrogen-bond donors (Lipinski definition) is 1. The Balaban J connectivity index is 1.94. The van der Waals surface area contributed by atoms with Crippen molar-refractivity contribution in [2.24, 2.45) is 5.92 Å². The van der Waals surface area contributed by atoms with E-state index >= 15 is 0 Å². The summed E-state index contributed by atoms with van der Waals surface area (Å²) in [5.74, 6) is 0.821. The zero-order valence-electron chi connectivity index (χ0n) is 12.5. The van der Waals surface area contributed by atoms with Crippen molar-refractivity contribution in [3.63, 3.8) is 0 Å². The monoisotopic (exact) mass is 261 g/mol. The highest BCUT2D eigenvalue weighted by Gasteiger charge is 2.21. The van der Waals surface area contributed by atoms with Gasteiger partial charge in [-0.2, -0.15) is 0 Å². The van der Waals surface area contributed by atoms with E-state index in [0.717, 1.165) is 17.3 Å². The molecule has 0 saturated heterocycles. The van der Waals surface area contributed by atoms with Crippen molar-refractivity contribution < 1.29 is 0 Å². The van der Waals surface area contributed by atoms with E-state index in [2.05, 4.69) is 29.1 Å². The normalized spacial score (nSPS) is 20.8. The maximum Gasteiger partial charge on any atom is 0.0782 e. The maximum absolute atomic E-state index is 4.47. The molecule has 1 saturated carbocycles. The molecule has 2 atom stereocenters. The number of hydrogen-bond acceptors (Lipinski definition) is 3. The molecule has 0 aromatic carbocycles. The van der Waals surface area contributed by atoms with E-state index < -0.39 is 0 Å². The Morgan fingerprint density at radius 1 is 1.05 bits per heavy atom. The SMILES string of the molecule is Cc1nccnc1C(C)N[C@H](C)C1CCCCCC1. The van der Waals surface area contributed by atoms with E-state index in [9.17, 15) is 0 Å². The molecular weight excluding hydrogens is 234 g/mol. The molecule has 0 amide bonds. The van der Waals surface area contributed by atoms with Crippen molar-refractivity contribution >= 4 is 0 Å². The van der Waals surface area contributed by atoms with Crippen LogP contribution in [0.3, 0.4) is 0 Å². The van der Waals surface area contributed by atoms with Gasteiger partial charge in [-0.1, -0.05) is 25.7 Å². The molecule has 1 aliphatic carbocycles. The molecule has 3 nitrogen and oxygen atoms in total. The Morgan fingerprint density at radius 3 is 2.32 bits per heavy atom. The first-order valence-corrected chi connectivity index (χ1v) is 7.72. The van der Waals surface area contributed by atoms with Crippen LogP contribution in [-0.4, -0.2) is 16.0 Å². The Bertz CT molecular complexity index is 383. The molecule has 1 aromatic heterocycles. The first-order valence-electron chi connectivity index (χ1n) is 7.72. The molecule has 1 aliphatic rings. The van der Waals surface area contributed by atoms with E-state index in [1.165, 1.54) is 38.5 Å². The zero-order valence-corrected chi connectivity index (χ0v) is 12.5. The second-order valence-corrected chi connectivity index (χ2v) is 5.96. The summed E-state index contributed by atoms with van der Waals surface area (Å²) in [6, 6.07) is 0.849. The van der Waals surface area contributed by atoms with Crippen molar-refractivity contribution in [1.29, 1.82) is 0 Å². The summed E-state index contributed by atoms with van der Waals surface area (Å²) in [6.45, 7) is 6.57. The summed E-state index contributed by atoms with van der Waals surface area (Å²) in [5, 5.41) is 3.73. The molecule has 3 heteroatoms. The minimum atomic E-state index is 0.284. The maximum atomic E-state index is 4.47. The van der Waals surface area contributed by atoms with Gasteiger partial charge in [0, 0.05) is 24.5 Å². The summed E-state index contributed by atoms with van der Waals surface area (Å²) >= 11 is 0. The topological polar surface area (TPSA) is 37.8 Å². The summed E-state index contributed by atoms with van der Waals surface area (Å²) in [5.41, 5.74) is 2.12. The Morgan fingerprint density at radius 2 is 1.68 bits per heavy atom. The van der Waals surface area contributed by atoms with Gasteiger partial charge in [0.2, 0.25) is 0 Å². The Hall–Kier alpha value is -0.960. The second-order valence-electron chi connectivity index (χ2n) is 5.96. The number of aromatic nitrogens is 2. The van der Waals surface area contributed by atoms with E-state index in [1.807, 2.05) is 6.92 Å². The van der Waals surface area contributed by atoms with Gasteiger partial charge in [-0.25, -0.2) is 0 Å². The Labute approximate surface area is 117 Å². The highest BCUT2D eigenvalue weighted by Crippen LogP contribution is 2.26. The van der Waals surface area contributed by atoms with Gasteiger partial charge in [-0.15, -0.1) is 0 Å². The van der Waals surface area contributed by atoms with Gasteiger partial charge < -0.3 is 5.32 Å². The first kappa shape index (κ1) is 14.4. The molecule has 0 radical (unpaired) electrons.